The maximum atomic E-state index is 9.39. The van der Waals surface area contributed by atoms with Crippen LogP contribution in [0.2, 0.25) is 5.71 Å². The molecule has 0 spiro atoms. The molecule has 36 valence electrons. The smallest absolute Gasteiger partial charge is 1.00 e. The minimum absolute atomic E-state index is 0. The third kappa shape index (κ3) is 62.9. The Labute approximate surface area is 92.4 Å². The van der Waals surface area contributed by atoms with Gasteiger partial charge in [-0.25, -0.2) is 0 Å². The van der Waals surface area contributed by atoms with E-state index in [0.29, 0.717) is 0 Å². The minimum atomic E-state index is -4.12. The van der Waals surface area contributed by atoms with E-state index in [4.69, 9.17) is 8.19 Å². The van der Waals surface area contributed by atoms with E-state index in [1.165, 1.54) is 0 Å². The summed E-state index contributed by atoms with van der Waals surface area (Å²) in [6, 6.07) is 0. The van der Waals surface area contributed by atoms with Crippen LogP contribution in [-0.4, -0.2) is 22.4 Å². The van der Waals surface area contributed by atoms with E-state index in [2.05, 4.69) is 0 Å². The molecule has 0 aromatic heterocycles. The van der Waals surface area contributed by atoms with Gasteiger partial charge in [0.1, 0.15) is 0 Å². The molecule has 0 aliphatic heterocycles. The molecule has 0 aromatic carbocycles. The molecule has 2 N–H and O–H groups in total. The number of hydrogen-bond acceptors (Lipinski definition) is 1. The van der Waals surface area contributed by atoms with Crippen molar-refractivity contribution in [3.63, 3.8) is 0 Å². The van der Waals surface area contributed by atoms with Crippen molar-refractivity contribution in [1.29, 1.82) is 0 Å². The van der Waals surface area contributed by atoms with E-state index >= 15 is 0 Å². The molecule has 0 saturated carbocycles. The van der Waals surface area contributed by atoms with Crippen molar-refractivity contribution in [2.75, 3.05) is 0 Å². The summed E-state index contributed by atoms with van der Waals surface area (Å²) in [5, 5.41) is 0. The first-order chi connectivity index (χ1) is 2.00. The Hall–Kier alpha value is 2.28. The summed E-state index contributed by atoms with van der Waals surface area (Å²) in [6.07, 6.45) is 0. The van der Waals surface area contributed by atoms with Gasteiger partial charge in [0.2, 0.25) is 0 Å². The third-order valence-corrected chi connectivity index (χ3v) is 0. The monoisotopic (exact) mass is 188 g/mol. The summed E-state index contributed by atoms with van der Waals surface area (Å²) < 4.78 is 24.8. The zero-order chi connectivity index (χ0) is 4.50. The van der Waals surface area contributed by atoms with Crippen LogP contribution in [0.25, 0.3) is 0 Å². The van der Waals surface area contributed by atoms with Crippen LogP contribution < -0.4 is 59.1 Å². The molecule has 0 aliphatic rings. The normalized spacial score (nSPS) is 8.43. The summed E-state index contributed by atoms with van der Waals surface area (Å²) in [7, 11) is 0. The fraction of sp³-hybridized carbons (Fsp3) is 1.00. The molecular formula is CH7AsNa2O3. The molecule has 0 radical (unpaired) electrons. The largest absolute Gasteiger partial charge is 1.00 e. The van der Waals surface area contributed by atoms with E-state index in [-0.39, 0.29) is 62.0 Å². The zero-order valence-corrected chi connectivity index (χ0v) is 10.6. The van der Waals surface area contributed by atoms with E-state index in [1.54, 1.807) is 0 Å². The predicted octanol–water partition coefficient (Wildman–Crippen LogP) is -6.80. The molecule has 0 aliphatic carbocycles. The first kappa shape index (κ1) is 16.1. The van der Waals surface area contributed by atoms with Crippen molar-refractivity contribution in [2.45, 2.75) is 5.71 Å². The molecule has 0 unspecified atom stereocenters. The maximum absolute atomic E-state index is 9.39. The Morgan fingerprint density at radius 3 is 1.43 bits per heavy atom. The Kier molecular flexibility index (Phi) is 14.7. The molecule has 0 atom stereocenters. The van der Waals surface area contributed by atoms with Gasteiger partial charge in [-0.15, -0.1) is 0 Å². The topological polar surface area (TPSA) is 57.5 Å². The van der Waals surface area contributed by atoms with E-state index in [0.717, 1.165) is 5.71 Å². The van der Waals surface area contributed by atoms with Crippen LogP contribution in [0, 0.1) is 0 Å². The van der Waals surface area contributed by atoms with Crippen molar-refractivity contribution in [3.05, 3.63) is 0 Å². The van der Waals surface area contributed by atoms with Crippen molar-refractivity contribution in [2.24, 2.45) is 0 Å². The second-order valence-electron chi connectivity index (χ2n) is 0.835. The molecule has 0 saturated heterocycles. The molecule has 3 nitrogen and oxygen atoms in total. The molecule has 0 amide bonds. The van der Waals surface area contributed by atoms with Gasteiger partial charge in [0.05, 0.1) is 0 Å². The van der Waals surface area contributed by atoms with Gasteiger partial charge in [-0.3, -0.25) is 0 Å². The first-order valence-corrected chi connectivity index (χ1v) is 5.35. The van der Waals surface area contributed by atoms with E-state index in [9.17, 15) is 3.74 Å². The summed E-state index contributed by atoms with van der Waals surface area (Å²) in [5.41, 5.74) is 0.915. The van der Waals surface area contributed by atoms with Crippen molar-refractivity contribution < 1.29 is 73.9 Å². The number of rotatable bonds is 0. The van der Waals surface area contributed by atoms with Crippen LogP contribution >= 0.6 is 0 Å². The van der Waals surface area contributed by atoms with Gasteiger partial charge >= 0.3 is 90.9 Å². The SMILES string of the molecule is C[As](=O)(O)O.[H-].[H-].[Na+].[Na+]. The van der Waals surface area contributed by atoms with Gasteiger partial charge in [0.25, 0.3) is 0 Å². The van der Waals surface area contributed by atoms with Crippen LogP contribution in [0.5, 0.6) is 0 Å². The summed E-state index contributed by atoms with van der Waals surface area (Å²) in [4.78, 5) is 0. The standard InChI is InChI=1S/CH5AsO3.2Na.2H/c1-2(3,4)5;;;;/h1H3,(H2,3,4,5);;;;/q;2*+1;2*-1. The molecule has 0 rings (SSSR count). The fourth-order valence-corrected chi connectivity index (χ4v) is 0. The van der Waals surface area contributed by atoms with Crippen LogP contribution in [0.4, 0.5) is 0 Å². The first-order valence-electron chi connectivity index (χ1n) is 1.03. The Morgan fingerprint density at radius 2 is 1.43 bits per heavy atom. The third-order valence-electron chi connectivity index (χ3n) is 0. The summed E-state index contributed by atoms with van der Waals surface area (Å²) >= 11 is -4.12. The Balaban J connectivity index is -0.0000000133. The Morgan fingerprint density at radius 1 is 1.43 bits per heavy atom. The fourth-order valence-electron chi connectivity index (χ4n) is 0. The molecule has 0 heterocycles. The van der Waals surface area contributed by atoms with Crippen molar-refractivity contribution in [3.8, 4) is 0 Å². The van der Waals surface area contributed by atoms with Gasteiger partial charge in [-0.05, 0) is 0 Å². The van der Waals surface area contributed by atoms with E-state index in [1.807, 2.05) is 0 Å². The van der Waals surface area contributed by atoms with Crippen LogP contribution in [0.1, 0.15) is 2.85 Å². The predicted molar refractivity (Wildman–Crippen MR) is 19.0 cm³/mol. The number of hydrogen-bond donors (Lipinski definition) is 2. The van der Waals surface area contributed by atoms with Crippen LogP contribution in [0.3, 0.4) is 0 Å². The quantitative estimate of drug-likeness (QED) is 0.371. The van der Waals surface area contributed by atoms with Gasteiger partial charge in [0.15, 0.2) is 0 Å². The molecule has 0 aromatic rings. The maximum Gasteiger partial charge on any atom is 1.00 e. The van der Waals surface area contributed by atoms with Gasteiger partial charge in [-0.1, -0.05) is 0 Å². The van der Waals surface area contributed by atoms with Gasteiger partial charge in [0, 0.05) is 0 Å². The second kappa shape index (κ2) is 6.40. The average Bonchev–Trinajstić information content (AvgIpc) is 0.722. The Bertz CT molecular complexity index is 65.9. The van der Waals surface area contributed by atoms with Crippen LogP contribution in [0.15, 0.2) is 0 Å². The van der Waals surface area contributed by atoms with Gasteiger partial charge in [-0.2, -0.15) is 0 Å². The van der Waals surface area contributed by atoms with E-state index < -0.39 is 14.2 Å². The molecule has 0 fully saturated rings. The minimum Gasteiger partial charge on any atom is -1.00 e. The zero-order valence-electron chi connectivity index (χ0n) is 6.75. The molecule has 7 heavy (non-hydrogen) atoms. The van der Waals surface area contributed by atoms with Crippen LogP contribution in [-0.2, 0) is 3.74 Å². The molecular weight excluding hydrogens is 181 g/mol. The van der Waals surface area contributed by atoms with Crippen molar-refractivity contribution >= 4 is 14.2 Å². The van der Waals surface area contributed by atoms with Gasteiger partial charge < -0.3 is 2.85 Å². The second-order valence-corrected chi connectivity index (χ2v) is 4.34. The average molecular weight is 188 g/mol. The summed E-state index contributed by atoms with van der Waals surface area (Å²) in [5.74, 6) is 0. The summed E-state index contributed by atoms with van der Waals surface area (Å²) in [6.45, 7) is 0. The molecule has 0 bridgehead atoms. The molecule has 6 heteroatoms. The van der Waals surface area contributed by atoms with Crippen molar-refractivity contribution in [1.82, 2.24) is 0 Å².